The maximum absolute atomic E-state index is 11.8. The van der Waals surface area contributed by atoms with Crippen molar-refractivity contribution in [2.75, 3.05) is 24.2 Å². The second-order valence-corrected chi connectivity index (χ2v) is 5.72. The van der Waals surface area contributed by atoms with Crippen molar-refractivity contribution >= 4 is 17.3 Å². The summed E-state index contributed by atoms with van der Waals surface area (Å²) in [5.74, 6) is 0.562. The van der Waals surface area contributed by atoms with Crippen molar-refractivity contribution in [2.24, 2.45) is 5.92 Å². The van der Waals surface area contributed by atoms with E-state index in [1.165, 1.54) is 0 Å². The minimum atomic E-state index is -0.0800. The van der Waals surface area contributed by atoms with Crippen molar-refractivity contribution in [3.63, 3.8) is 0 Å². The molecule has 0 radical (unpaired) electrons. The average molecular weight is 277 g/mol. The first-order valence-electron chi connectivity index (χ1n) is 7.27. The van der Waals surface area contributed by atoms with Gasteiger partial charge in [-0.25, -0.2) is 0 Å². The van der Waals surface area contributed by atoms with Gasteiger partial charge >= 0.3 is 0 Å². The molecule has 1 rings (SSSR count). The molecule has 112 valence electrons. The molecule has 0 aliphatic heterocycles. The summed E-state index contributed by atoms with van der Waals surface area (Å²) in [5.41, 5.74) is 8.34. The standard InChI is InChI=1S/C16H27N3O/c1-6-18-16(20)13-7-8-15(14(17)10-13)19(5)12(4)9-11(2)3/h7-8,10-12H,6,9,17H2,1-5H3,(H,18,20). The fraction of sp³-hybridized carbons (Fsp3) is 0.562. The van der Waals surface area contributed by atoms with Gasteiger partial charge in [-0.1, -0.05) is 13.8 Å². The van der Waals surface area contributed by atoms with Crippen LogP contribution in [0, 0.1) is 5.92 Å². The lowest BCUT2D eigenvalue weighted by atomic mass is 10.0. The number of amides is 1. The van der Waals surface area contributed by atoms with Crippen LogP contribution in [0.4, 0.5) is 11.4 Å². The van der Waals surface area contributed by atoms with Crippen molar-refractivity contribution in [3.05, 3.63) is 23.8 Å². The Morgan fingerprint density at radius 3 is 2.50 bits per heavy atom. The summed E-state index contributed by atoms with van der Waals surface area (Å²) in [6.45, 7) is 9.14. The van der Waals surface area contributed by atoms with Crippen LogP contribution in [0.1, 0.15) is 44.5 Å². The highest BCUT2D eigenvalue weighted by atomic mass is 16.1. The smallest absolute Gasteiger partial charge is 0.251 e. The molecule has 4 heteroatoms. The van der Waals surface area contributed by atoms with E-state index in [2.05, 4.69) is 31.0 Å². The number of carbonyl (C=O) groups is 1. The Kier molecular flexibility index (Phi) is 5.86. The van der Waals surface area contributed by atoms with E-state index in [1.54, 1.807) is 6.07 Å². The van der Waals surface area contributed by atoms with Gasteiger partial charge < -0.3 is 16.0 Å². The Bertz CT molecular complexity index is 457. The van der Waals surface area contributed by atoms with E-state index in [0.29, 0.717) is 29.8 Å². The lowest BCUT2D eigenvalue weighted by molar-refractivity contribution is 0.0956. The molecular weight excluding hydrogens is 250 g/mol. The number of nitrogens with one attached hydrogen (secondary N) is 1. The monoisotopic (exact) mass is 277 g/mol. The van der Waals surface area contributed by atoms with Crippen molar-refractivity contribution < 1.29 is 4.79 Å². The average Bonchev–Trinajstić information content (AvgIpc) is 2.37. The topological polar surface area (TPSA) is 58.4 Å². The first kappa shape index (κ1) is 16.3. The first-order valence-corrected chi connectivity index (χ1v) is 7.27. The summed E-state index contributed by atoms with van der Waals surface area (Å²) >= 11 is 0. The molecule has 0 aromatic heterocycles. The number of nitrogens with zero attached hydrogens (tertiary/aromatic N) is 1. The number of nitrogens with two attached hydrogens (primary N) is 1. The molecule has 1 unspecified atom stereocenters. The van der Waals surface area contributed by atoms with Crippen molar-refractivity contribution in [2.45, 2.75) is 40.2 Å². The molecule has 3 N–H and O–H groups in total. The molecular formula is C16H27N3O. The van der Waals surface area contributed by atoms with Gasteiger partial charge in [-0.15, -0.1) is 0 Å². The van der Waals surface area contributed by atoms with E-state index in [9.17, 15) is 4.79 Å². The zero-order chi connectivity index (χ0) is 15.3. The number of hydrogen-bond donors (Lipinski definition) is 2. The van der Waals surface area contributed by atoms with Crippen molar-refractivity contribution in [1.82, 2.24) is 5.32 Å². The molecule has 0 fully saturated rings. The summed E-state index contributed by atoms with van der Waals surface area (Å²) in [6, 6.07) is 5.91. The third kappa shape index (κ3) is 4.15. The van der Waals surface area contributed by atoms with Crippen LogP contribution in [0.15, 0.2) is 18.2 Å². The Hall–Kier alpha value is -1.71. The molecule has 0 aliphatic carbocycles. The van der Waals surface area contributed by atoms with E-state index in [4.69, 9.17) is 5.73 Å². The summed E-state index contributed by atoms with van der Waals surface area (Å²) in [6.07, 6.45) is 1.11. The third-order valence-electron chi connectivity index (χ3n) is 3.48. The predicted molar refractivity (Wildman–Crippen MR) is 86.2 cm³/mol. The van der Waals surface area contributed by atoms with Gasteiger partial charge in [0, 0.05) is 25.2 Å². The largest absolute Gasteiger partial charge is 0.397 e. The van der Waals surface area contributed by atoms with E-state index in [0.717, 1.165) is 12.1 Å². The summed E-state index contributed by atoms with van der Waals surface area (Å²) in [4.78, 5) is 14.0. The molecule has 0 saturated carbocycles. The molecule has 1 aromatic carbocycles. The zero-order valence-corrected chi connectivity index (χ0v) is 13.2. The first-order chi connectivity index (χ1) is 9.36. The Balaban J connectivity index is 2.89. The van der Waals surface area contributed by atoms with Crippen LogP contribution in [-0.4, -0.2) is 25.5 Å². The second-order valence-electron chi connectivity index (χ2n) is 5.72. The van der Waals surface area contributed by atoms with E-state index in [1.807, 2.05) is 26.1 Å². The van der Waals surface area contributed by atoms with E-state index >= 15 is 0 Å². The molecule has 4 nitrogen and oxygen atoms in total. The number of benzene rings is 1. The van der Waals surface area contributed by atoms with Crippen LogP contribution < -0.4 is 16.0 Å². The summed E-state index contributed by atoms with van der Waals surface area (Å²) in [7, 11) is 2.05. The van der Waals surface area contributed by atoms with Crippen LogP contribution in [0.25, 0.3) is 0 Å². The van der Waals surface area contributed by atoms with Gasteiger partial charge in [0.1, 0.15) is 0 Å². The Labute approximate surface area is 122 Å². The number of nitrogen functional groups attached to an aromatic ring is 1. The fourth-order valence-corrected chi connectivity index (χ4v) is 2.36. The fourth-order valence-electron chi connectivity index (χ4n) is 2.36. The predicted octanol–water partition coefficient (Wildman–Crippen LogP) is 2.89. The van der Waals surface area contributed by atoms with E-state index in [-0.39, 0.29) is 5.91 Å². The third-order valence-corrected chi connectivity index (χ3v) is 3.48. The molecule has 0 spiro atoms. The molecule has 0 bridgehead atoms. The second kappa shape index (κ2) is 7.17. The van der Waals surface area contributed by atoms with Gasteiger partial charge in [0.15, 0.2) is 0 Å². The molecule has 0 heterocycles. The minimum Gasteiger partial charge on any atom is -0.397 e. The van der Waals surface area contributed by atoms with Crippen LogP contribution >= 0.6 is 0 Å². The lowest BCUT2D eigenvalue weighted by Gasteiger charge is -2.29. The van der Waals surface area contributed by atoms with Gasteiger partial charge in [-0.05, 0) is 44.4 Å². The van der Waals surface area contributed by atoms with Crippen LogP contribution in [0.3, 0.4) is 0 Å². The normalized spacial score (nSPS) is 12.3. The van der Waals surface area contributed by atoms with Crippen molar-refractivity contribution in [1.29, 1.82) is 0 Å². The van der Waals surface area contributed by atoms with Crippen molar-refractivity contribution in [3.8, 4) is 0 Å². The molecule has 1 amide bonds. The quantitative estimate of drug-likeness (QED) is 0.786. The Morgan fingerprint density at radius 2 is 2.00 bits per heavy atom. The van der Waals surface area contributed by atoms with Gasteiger partial charge in [0.2, 0.25) is 0 Å². The number of anilines is 2. The van der Waals surface area contributed by atoms with Crippen LogP contribution in [-0.2, 0) is 0 Å². The molecule has 1 aromatic rings. The van der Waals surface area contributed by atoms with Gasteiger partial charge in [-0.3, -0.25) is 4.79 Å². The Morgan fingerprint density at radius 1 is 1.35 bits per heavy atom. The summed E-state index contributed by atoms with van der Waals surface area (Å²) < 4.78 is 0. The van der Waals surface area contributed by atoms with Gasteiger partial charge in [0.25, 0.3) is 5.91 Å². The maximum atomic E-state index is 11.8. The molecule has 1 atom stereocenters. The van der Waals surface area contributed by atoms with Gasteiger partial charge in [-0.2, -0.15) is 0 Å². The molecule has 0 saturated heterocycles. The lowest BCUT2D eigenvalue weighted by Crippen LogP contribution is -2.31. The van der Waals surface area contributed by atoms with Crippen LogP contribution in [0.5, 0.6) is 0 Å². The summed E-state index contributed by atoms with van der Waals surface area (Å²) in [5, 5.41) is 2.78. The highest BCUT2D eigenvalue weighted by Gasteiger charge is 2.15. The van der Waals surface area contributed by atoms with E-state index < -0.39 is 0 Å². The number of carbonyl (C=O) groups excluding carboxylic acids is 1. The molecule has 20 heavy (non-hydrogen) atoms. The zero-order valence-electron chi connectivity index (χ0n) is 13.2. The maximum Gasteiger partial charge on any atom is 0.251 e. The number of hydrogen-bond acceptors (Lipinski definition) is 3. The molecule has 0 aliphatic rings. The highest BCUT2D eigenvalue weighted by Crippen LogP contribution is 2.26. The number of rotatable bonds is 6. The highest BCUT2D eigenvalue weighted by molar-refractivity contribution is 5.96. The SMILES string of the molecule is CCNC(=O)c1ccc(N(C)C(C)CC(C)C)c(N)c1. The van der Waals surface area contributed by atoms with Crippen LogP contribution in [0.2, 0.25) is 0 Å². The minimum absolute atomic E-state index is 0.0800. The van der Waals surface area contributed by atoms with Gasteiger partial charge in [0.05, 0.1) is 11.4 Å².